The maximum atomic E-state index is 11.8. The molecular weight excluding hydrogens is 218 g/mol. The van der Waals surface area contributed by atoms with Crippen molar-refractivity contribution in [2.24, 2.45) is 5.92 Å². The van der Waals surface area contributed by atoms with Gasteiger partial charge in [0.1, 0.15) is 0 Å². The second-order valence-electron chi connectivity index (χ2n) is 5.00. The van der Waals surface area contributed by atoms with Crippen LogP contribution >= 0.6 is 0 Å². The zero-order chi connectivity index (χ0) is 11.8. The highest BCUT2D eigenvalue weighted by Gasteiger charge is 2.17. The molecule has 2 unspecified atom stereocenters. The molecule has 0 bridgehead atoms. The second-order valence-corrected chi connectivity index (χ2v) is 6.62. The van der Waals surface area contributed by atoms with Crippen LogP contribution in [0.2, 0.25) is 0 Å². The van der Waals surface area contributed by atoms with Crippen LogP contribution in [0, 0.1) is 5.92 Å². The minimum Gasteiger partial charge on any atom is -0.317 e. The van der Waals surface area contributed by atoms with E-state index in [2.05, 4.69) is 12.2 Å². The molecule has 1 N–H and O–H groups in total. The molecule has 0 aromatic carbocycles. The summed E-state index contributed by atoms with van der Waals surface area (Å²) in [5.41, 5.74) is 0. The fourth-order valence-corrected chi connectivity index (χ4v) is 4.08. The van der Waals surface area contributed by atoms with Gasteiger partial charge in [-0.25, -0.2) is 0 Å². The van der Waals surface area contributed by atoms with Crippen LogP contribution in [0.4, 0.5) is 0 Å². The summed E-state index contributed by atoms with van der Waals surface area (Å²) in [6.07, 6.45) is 8.81. The first-order valence-corrected chi connectivity index (χ1v) is 8.27. The first kappa shape index (κ1) is 14.2. The summed E-state index contributed by atoms with van der Waals surface area (Å²) in [5, 5.41) is 3.30. The predicted octanol–water partition coefficient (Wildman–Crippen LogP) is 2.70. The SMILES string of the molecule is CCC(CCCS(=O)CC1CCCC1)NC. The van der Waals surface area contributed by atoms with Crippen molar-refractivity contribution in [1.82, 2.24) is 5.32 Å². The Kier molecular flexibility index (Phi) is 7.30. The number of rotatable bonds is 8. The minimum atomic E-state index is -0.558. The summed E-state index contributed by atoms with van der Waals surface area (Å²) < 4.78 is 11.8. The van der Waals surface area contributed by atoms with E-state index in [9.17, 15) is 4.21 Å². The Morgan fingerprint density at radius 2 is 2.06 bits per heavy atom. The van der Waals surface area contributed by atoms with E-state index in [-0.39, 0.29) is 0 Å². The van der Waals surface area contributed by atoms with Crippen LogP contribution in [0.3, 0.4) is 0 Å². The Labute approximate surface area is 103 Å². The Morgan fingerprint density at radius 1 is 1.38 bits per heavy atom. The van der Waals surface area contributed by atoms with Gasteiger partial charge in [0, 0.05) is 28.3 Å². The molecule has 2 nitrogen and oxygen atoms in total. The Balaban J connectivity index is 2.05. The summed E-state index contributed by atoms with van der Waals surface area (Å²) in [4.78, 5) is 0. The van der Waals surface area contributed by atoms with E-state index in [1.807, 2.05) is 7.05 Å². The lowest BCUT2D eigenvalue weighted by atomic mass is 10.1. The maximum Gasteiger partial charge on any atom is 0.0263 e. The molecule has 3 heteroatoms. The zero-order valence-corrected chi connectivity index (χ0v) is 11.7. The molecule has 0 spiro atoms. The maximum absolute atomic E-state index is 11.8. The summed E-state index contributed by atoms with van der Waals surface area (Å²) in [7, 11) is 1.46. The van der Waals surface area contributed by atoms with E-state index in [0.29, 0.717) is 6.04 Å². The van der Waals surface area contributed by atoms with Crippen molar-refractivity contribution in [1.29, 1.82) is 0 Å². The lowest BCUT2D eigenvalue weighted by Crippen LogP contribution is -2.24. The Hall–Kier alpha value is 0.110. The first-order chi connectivity index (χ1) is 7.76. The minimum absolute atomic E-state index is 0.558. The van der Waals surface area contributed by atoms with Crippen LogP contribution in [0.1, 0.15) is 51.9 Å². The van der Waals surface area contributed by atoms with Crippen LogP contribution in [-0.4, -0.2) is 28.8 Å². The highest BCUT2D eigenvalue weighted by Crippen LogP contribution is 2.25. The normalized spacial score (nSPS) is 21.1. The van der Waals surface area contributed by atoms with Crippen LogP contribution in [0.15, 0.2) is 0 Å². The molecule has 16 heavy (non-hydrogen) atoms. The fourth-order valence-electron chi connectivity index (χ4n) is 2.57. The van der Waals surface area contributed by atoms with Crippen molar-refractivity contribution < 1.29 is 4.21 Å². The number of hydrogen-bond acceptors (Lipinski definition) is 2. The monoisotopic (exact) mass is 245 g/mol. The Bertz CT molecular complexity index is 198. The molecule has 0 aliphatic heterocycles. The molecule has 1 rings (SSSR count). The third kappa shape index (κ3) is 5.44. The molecule has 0 aromatic heterocycles. The molecule has 1 aliphatic rings. The highest BCUT2D eigenvalue weighted by atomic mass is 32.2. The summed E-state index contributed by atoms with van der Waals surface area (Å²) in [6.45, 7) is 2.21. The third-order valence-corrected chi connectivity index (χ3v) is 5.31. The molecular formula is C13H27NOS. The van der Waals surface area contributed by atoms with Gasteiger partial charge in [0.25, 0.3) is 0 Å². The quantitative estimate of drug-likeness (QED) is 0.712. The molecule has 0 saturated heterocycles. The van der Waals surface area contributed by atoms with Crippen LogP contribution in [-0.2, 0) is 10.8 Å². The van der Waals surface area contributed by atoms with E-state index in [1.165, 1.54) is 38.5 Å². The summed E-state index contributed by atoms with van der Waals surface area (Å²) in [6, 6.07) is 0.614. The van der Waals surface area contributed by atoms with Crippen LogP contribution in [0.5, 0.6) is 0 Å². The van der Waals surface area contributed by atoms with E-state index in [1.54, 1.807) is 0 Å². The smallest absolute Gasteiger partial charge is 0.0263 e. The average molecular weight is 245 g/mol. The van der Waals surface area contributed by atoms with Gasteiger partial charge in [-0.05, 0) is 45.1 Å². The standard InChI is InChI=1S/C13H27NOS/c1-3-13(14-2)9-6-10-16(15)11-12-7-4-5-8-12/h12-14H,3-11H2,1-2H3. The van der Waals surface area contributed by atoms with Gasteiger partial charge < -0.3 is 5.32 Å². The van der Waals surface area contributed by atoms with E-state index in [0.717, 1.165) is 23.8 Å². The molecule has 1 saturated carbocycles. The van der Waals surface area contributed by atoms with E-state index in [4.69, 9.17) is 0 Å². The van der Waals surface area contributed by atoms with Crippen molar-refractivity contribution in [3.05, 3.63) is 0 Å². The topological polar surface area (TPSA) is 29.1 Å². The first-order valence-electron chi connectivity index (χ1n) is 6.78. The Morgan fingerprint density at radius 3 is 2.62 bits per heavy atom. The van der Waals surface area contributed by atoms with Gasteiger partial charge in [0.05, 0.1) is 0 Å². The predicted molar refractivity (Wildman–Crippen MR) is 72.2 cm³/mol. The number of nitrogens with one attached hydrogen (secondary N) is 1. The molecule has 0 aromatic rings. The van der Waals surface area contributed by atoms with Gasteiger partial charge in [-0.3, -0.25) is 4.21 Å². The number of hydrogen-bond donors (Lipinski definition) is 1. The fraction of sp³-hybridized carbons (Fsp3) is 1.00. The largest absolute Gasteiger partial charge is 0.317 e. The lowest BCUT2D eigenvalue weighted by molar-refractivity contribution is 0.503. The molecule has 2 atom stereocenters. The molecule has 96 valence electrons. The van der Waals surface area contributed by atoms with E-state index < -0.39 is 10.8 Å². The molecule has 1 aliphatic carbocycles. The van der Waals surface area contributed by atoms with Gasteiger partial charge >= 0.3 is 0 Å². The van der Waals surface area contributed by atoms with Crippen molar-refractivity contribution in [3.8, 4) is 0 Å². The van der Waals surface area contributed by atoms with Crippen LogP contribution < -0.4 is 5.32 Å². The van der Waals surface area contributed by atoms with Crippen molar-refractivity contribution >= 4 is 10.8 Å². The molecule has 0 amide bonds. The van der Waals surface area contributed by atoms with Gasteiger partial charge in [0.2, 0.25) is 0 Å². The van der Waals surface area contributed by atoms with Gasteiger partial charge in [-0.1, -0.05) is 19.8 Å². The van der Waals surface area contributed by atoms with E-state index >= 15 is 0 Å². The van der Waals surface area contributed by atoms with Gasteiger partial charge in [-0.15, -0.1) is 0 Å². The third-order valence-electron chi connectivity index (χ3n) is 3.72. The molecule has 0 heterocycles. The van der Waals surface area contributed by atoms with Gasteiger partial charge in [-0.2, -0.15) is 0 Å². The molecule has 1 fully saturated rings. The summed E-state index contributed by atoms with van der Waals surface area (Å²) >= 11 is 0. The zero-order valence-electron chi connectivity index (χ0n) is 10.8. The van der Waals surface area contributed by atoms with Crippen molar-refractivity contribution in [2.45, 2.75) is 57.9 Å². The van der Waals surface area contributed by atoms with Crippen LogP contribution in [0.25, 0.3) is 0 Å². The highest BCUT2D eigenvalue weighted by molar-refractivity contribution is 7.84. The lowest BCUT2D eigenvalue weighted by Gasteiger charge is -2.13. The second kappa shape index (κ2) is 8.24. The molecule has 0 radical (unpaired) electrons. The average Bonchev–Trinajstić information content (AvgIpc) is 2.77. The van der Waals surface area contributed by atoms with Gasteiger partial charge in [0.15, 0.2) is 0 Å². The summed E-state index contributed by atoms with van der Waals surface area (Å²) in [5.74, 6) is 2.65. The van der Waals surface area contributed by atoms with Crippen molar-refractivity contribution in [2.75, 3.05) is 18.6 Å². The van der Waals surface area contributed by atoms with Crippen molar-refractivity contribution in [3.63, 3.8) is 0 Å².